The number of hydrogen-bond donors (Lipinski definition) is 1. The van der Waals surface area contributed by atoms with Gasteiger partial charge in [-0.05, 0) is 17.4 Å². The van der Waals surface area contributed by atoms with Gasteiger partial charge in [0.25, 0.3) is 0 Å². The number of rotatable bonds is 2. The normalized spacial score (nSPS) is 10.5. The number of nitrogens with zero attached hydrogens (tertiary/aromatic N) is 2. The molecule has 3 nitrogen and oxygen atoms in total. The van der Waals surface area contributed by atoms with E-state index in [-0.39, 0.29) is 0 Å². The van der Waals surface area contributed by atoms with E-state index < -0.39 is 0 Å². The zero-order valence-electron chi connectivity index (χ0n) is 8.61. The van der Waals surface area contributed by atoms with Gasteiger partial charge < -0.3 is 0 Å². The molecule has 76 valence electrons. The summed E-state index contributed by atoms with van der Waals surface area (Å²) >= 11 is 1.61. The van der Waals surface area contributed by atoms with E-state index in [1.807, 2.05) is 30.7 Å². The monoisotopic (exact) mass is 217 g/mol. The second-order valence-corrected chi connectivity index (χ2v) is 4.42. The van der Waals surface area contributed by atoms with E-state index in [4.69, 9.17) is 5.26 Å². The molecule has 1 N–H and O–H groups in total. The van der Waals surface area contributed by atoms with Crippen LogP contribution in [0.1, 0.15) is 31.0 Å². The van der Waals surface area contributed by atoms with Crippen LogP contribution in [0.2, 0.25) is 0 Å². The molecule has 4 heteroatoms. The topological polar surface area (TPSA) is 52.5 Å². The quantitative estimate of drug-likeness (QED) is 0.840. The Morgan fingerprint density at radius 1 is 1.53 bits per heavy atom. The highest BCUT2D eigenvalue weighted by molar-refractivity contribution is 7.08. The predicted octanol–water partition coefficient (Wildman–Crippen LogP) is 3.13. The second-order valence-electron chi connectivity index (χ2n) is 3.64. The lowest BCUT2D eigenvalue weighted by atomic mass is 10.0. The van der Waals surface area contributed by atoms with Crippen molar-refractivity contribution in [3.8, 4) is 17.3 Å². The number of aromatic nitrogens is 2. The van der Waals surface area contributed by atoms with Gasteiger partial charge in [-0.25, -0.2) is 0 Å². The highest BCUT2D eigenvalue weighted by atomic mass is 32.1. The molecule has 0 spiro atoms. The molecule has 0 radical (unpaired) electrons. The van der Waals surface area contributed by atoms with Crippen molar-refractivity contribution >= 4 is 11.3 Å². The van der Waals surface area contributed by atoms with Gasteiger partial charge in [0.2, 0.25) is 0 Å². The molecule has 0 bridgehead atoms. The second kappa shape index (κ2) is 3.87. The molecule has 0 aliphatic carbocycles. The average Bonchev–Trinajstić information content (AvgIpc) is 2.85. The van der Waals surface area contributed by atoms with Gasteiger partial charge in [-0.2, -0.15) is 21.7 Å². The minimum absolute atomic E-state index is 0.291. The van der Waals surface area contributed by atoms with E-state index >= 15 is 0 Å². The van der Waals surface area contributed by atoms with E-state index in [0.29, 0.717) is 11.5 Å². The van der Waals surface area contributed by atoms with Gasteiger partial charge in [0, 0.05) is 10.9 Å². The van der Waals surface area contributed by atoms with Gasteiger partial charge in [0.15, 0.2) is 0 Å². The third kappa shape index (κ3) is 1.66. The molecular formula is C11H11N3S. The molecule has 0 saturated carbocycles. The number of hydrogen-bond acceptors (Lipinski definition) is 3. The Labute approximate surface area is 92.4 Å². The maximum absolute atomic E-state index is 9.13. The van der Waals surface area contributed by atoms with Crippen LogP contribution in [-0.2, 0) is 0 Å². The van der Waals surface area contributed by atoms with Crippen LogP contribution < -0.4 is 0 Å². The SMILES string of the molecule is CC(C)c1[nH]nc(-c2ccsc2)c1C#N. The van der Waals surface area contributed by atoms with Gasteiger partial charge in [-0.1, -0.05) is 13.8 Å². The molecule has 0 aliphatic heterocycles. The van der Waals surface area contributed by atoms with Crippen molar-refractivity contribution in [3.05, 3.63) is 28.1 Å². The highest BCUT2D eigenvalue weighted by Crippen LogP contribution is 2.28. The summed E-state index contributed by atoms with van der Waals surface area (Å²) in [7, 11) is 0. The van der Waals surface area contributed by atoms with Crippen molar-refractivity contribution in [1.29, 1.82) is 5.26 Å². The first-order chi connectivity index (χ1) is 7.24. The van der Waals surface area contributed by atoms with Crippen molar-refractivity contribution in [2.75, 3.05) is 0 Å². The van der Waals surface area contributed by atoms with Crippen molar-refractivity contribution in [3.63, 3.8) is 0 Å². The van der Waals surface area contributed by atoms with Crippen molar-refractivity contribution < 1.29 is 0 Å². The maximum atomic E-state index is 9.13. The third-order valence-electron chi connectivity index (χ3n) is 2.28. The third-order valence-corrected chi connectivity index (χ3v) is 2.96. The van der Waals surface area contributed by atoms with Crippen LogP contribution in [-0.4, -0.2) is 10.2 Å². The van der Waals surface area contributed by atoms with Crippen molar-refractivity contribution in [1.82, 2.24) is 10.2 Å². The number of nitriles is 1. The minimum atomic E-state index is 0.291. The van der Waals surface area contributed by atoms with E-state index in [1.165, 1.54) is 0 Å². The lowest BCUT2D eigenvalue weighted by Gasteiger charge is -2.00. The number of H-pyrrole nitrogens is 1. The molecule has 0 amide bonds. The zero-order chi connectivity index (χ0) is 10.8. The van der Waals surface area contributed by atoms with Crippen LogP contribution in [0.4, 0.5) is 0 Å². The van der Waals surface area contributed by atoms with Crippen molar-refractivity contribution in [2.45, 2.75) is 19.8 Å². The lowest BCUT2D eigenvalue weighted by Crippen LogP contribution is -1.90. The van der Waals surface area contributed by atoms with E-state index in [0.717, 1.165) is 17.0 Å². The lowest BCUT2D eigenvalue weighted by molar-refractivity contribution is 0.808. The van der Waals surface area contributed by atoms with Gasteiger partial charge in [0.05, 0.1) is 5.69 Å². The van der Waals surface area contributed by atoms with Crippen LogP contribution in [0.3, 0.4) is 0 Å². The van der Waals surface area contributed by atoms with Crippen LogP contribution in [0.5, 0.6) is 0 Å². The first-order valence-electron chi connectivity index (χ1n) is 4.75. The fourth-order valence-electron chi connectivity index (χ4n) is 1.49. The summed E-state index contributed by atoms with van der Waals surface area (Å²) in [6, 6.07) is 4.20. The highest BCUT2D eigenvalue weighted by Gasteiger charge is 2.16. The maximum Gasteiger partial charge on any atom is 0.111 e. The Kier molecular flexibility index (Phi) is 2.57. The summed E-state index contributed by atoms with van der Waals surface area (Å²) in [6.45, 7) is 4.09. The van der Waals surface area contributed by atoms with Crippen LogP contribution in [0.25, 0.3) is 11.3 Å². The Hall–Kier alpha value is -1.60. The van der Waals surface area contributed by atoms with Crippen LogP contribution in [0.15, 0.2) is 16.8 Å². The average molecular weight is 217 g/mol. The molecule has 2 heterocycles. The molecular weight excluding hydrogens is 206 g/mol. The predicted molar refractivity (Wildman–Crippen MR) is 60.7 cm³/mol. The van der Waals surface area contributed by atoms with E-state index in [1.54, 1.807) is 11.3 Å². The molecule has 0 saturated heterocycles. The summed E-state index contributed by atoms with van der Waals surface area (Å²) in [5, 5.41) is 20.3. The number of nitrogens with one attached hydrogen (secondary N) is 1. The molecule has 2 aromatic heterocycles. The summed E-state index contributed by atoms with van der Waals surface area (Å²) < 4.78 is 0. The molecule has 0 fully saturated rings. The first-order valence-corrected chi connectivity index (χ1v) is 5.69. The molecule has 0 aromatic carbocycles. The summed E-state index contributed by atoms with van der Waals surface area (Å²) in [5.74, 6) is 0.291. The molecule has 0 aliphatic rings. The number of thiophene rings is 1. The van der Waals surface area contributed by atoms with Gasteiger partial charge in [0.1, 0.15) is 17.3 Å². The van der Waals surface area contributed by atoms with Crippen LogP contribution in [0, 0.1) is 11.3 Å². The largest absolute Gasteiger partial charge is 0.280 e. The molecule has 0 unspecified atom stereocenters. The van der Waals surface area contributed by atoms with Crippen LogP contribution >= 0.6 is 11.3 Å². The van der Waals surface area contributed by atoms with Crippen molar-refractivity contribution in [2.24, 2.45) is 0 Å². The standard InChI is InChI=1S/C11H11N3S/c1-7(2)10-9(5-12)11(14-13-10)8-3-4-15-6-8/h3-4,6-7H,1-2H3,(H,13,14). The zero-order valence-corrected chi connectivity index (χ0v) is 9.43. The Balaban J connectivity index is 2.56. The Bertz CT molecular complexity index is 488. The Morgan fingerprint density at radius 2 is 2.33 bits per heavy atom. The molecule has 2 aromatic rings. The summed E-state index contributed by atoms with van der Waals surface area (Å²) in [5.41, 5.74) is 3.37. The summed E-state index contributed by atoms with van der Waals surface area (Å²) in [4.78, 5) is 0. The van der Waals surface area contributed by atoms with E-state index in [9.17, 15) is 0 Å². The minimum Gasteiger partial charge on any atom is -0.280 e. The molecule has 2 rings (SSSR count). The van der Waals surface area contributed by atoms with E-state index in [2.05, 4.69) is 16.3 Å². The summed E-state index contributed by atoms with van der Waals surface area (Å²) in [6.07, 6.45) is 0. The Morgan fingerprint density at radius 3 is 2.87 bits per heavy atom. The fourth-order valence-corrected chi connectivity index (χ4v) is 2.14. The first kappa shape index (κ1) is 9.94. The fraction of sp³-hybridized carbons (Fsp3) is 0.273. The number of aromatic amines is 1. The molecule has 0 atom stereocenters. The van der Waals surface area contributed by atoms with Gasteiger partial charge in [-0.3, -0.25) is 5.10 Å². The van der Waals surface area contributed by atoms with Gasteiger partial charge in [-0.15, -0.1) is 0 Å². The van der Waals surface area contributed by atoms with Gasteiger partial charge >= 0.3 is 0 Å². The smallest absolute Gasteiger partial charge is 0.111 e. The molecule has 15 heavy (non-hydrogen) atoms.